The van der Waals surface area contributed by atoms with E-state index in [4.69, 9.17) is 14.2 Å². The Hall–Kier alpha value is -4.19. The number of nitrogens with one attached hydrogen (secondary N) is 2. The molecule has 5 rings (SSSR count). The fourth-order valence-corrected chi connectivity index (χ4v) is 6.75. The molecule has 258 valence electrons. The van der Waals surface area contributed by atoms with Crippen LogP contribution in [0.25, 0.3) is 11.1 Å². The van der Waals surface area contributed by atoms with Gasteiger partial charge >= 0.3 is 12.0 Å². The summed E-state index contributed by atoms with van der Waals surface area (Å²) in [6.07, 6.45) is -0.532. The molecule has 4 aromatic carbocycles. The lowest BCUT2D eigenvalue weighted by molar-refractivity contribution is -0.268. The first-order valence-electron chi connectivity index (χ1n) is 16.4. The number of hydrogen-bond donors (Lipinski definition) is 4. The number of aliphatic hydroxyl groups is 2. The maximum absolute atomic E-state index is 12.8. The Balaban J connectivity index is 1.24. The van der Waals surface area contributed by atoms with Crippen molar-refractivity contribution in [3.63, 3.8) is 0 Å². The number of esters is 1. The van der Waals surface area contributed by atoms with Crippen LogP contribution in [0, 0.1) is 5.92 Å². The van der Waals surface area contributed by atoms with Gasteiger partial charge in [-0.3, -0.25) is 0 Å². The molecule has 5 atom stereocenters. The Morgan fingerprint density at radius 2 is 1.55 bits per heavy atom. The number of carbonyl (C=O) groups excluding carboxylic acids is 2. The number of amides is 2. The minimum absolute atomic E-state index is 0.0126. The Kier molecular flexibility index (Phi) is 13.3. The average Bonchev–Trinajstić information content (AvgIpc) is 3.15. The quantitative estimate of drug-likeness (QED) is 0.0950. The largest absolute Gasteiger partial charge is 0.467 e. The van der Waals surface area contributed by atoms with Crippen molar-refractivity contribution in [1.29, 1.82) is 0 Å². The molecule has 49 heavy (non-hydrogen) atoms. The molecule has 0 bridgehead atoms. The number of methoxy groups -OCH3 is 1. The predicted octanol–water partition coefficient (Wildman–Crippen LogP) is 5.95. The van der Waals surface area contributed by atoms with Crippen molar-refractivity contribution in [3.8, 4) is 11.1 Å². The standard InChI is InChI=1S/C39H44N2O7S/c1-26-35(25-49-20-19-42)47-38(48-36(26)31-13-11-28(24-43)12-14-31)32-17-15-30(16-18-32)33-10-6-9-29(21-33)23-40-39(45)41-34(37(44)46-2)22-27-7-4-3-5-8-27/h3-18,21,26,34-36,38,42-43H,19-20,22-25H2,1-2H3,(H2,40,41,45)/t26-,34-,35+,36+,38+/m0/s1. The third kappa shape index (κ3) is 9.93. The number of ether oxygens (including phenoxy) is 3. The predicted molar refractivity (Wildman–Crippen MR) is 191 cm³/mol. The Morgan fingerprint density at radius 1 is 0.837 bits per heavy atom. The van der Waals surface area contributed by atoms with Gasteiger partial charge in [-0.05, 0) is 39.4 Å². The summed E-state index contributed by atoms with van der Waals surface area (Å²) in [5, 5.41) is 24.4. The van der Waals surface area contributed by atoms with E-state index >= 15 is 0 Å². The van der Waals surface area contributed by atoms with Gasteiger partial charge in [0.2, 0.25) is 0 Å². The van der Waals surface area contributed by atoms with Crippen LogP contribution in [0.4, 0.5) is 4.79 Å². The van der Waals surface area contributed by atoms with Gasteiger partial charge in [-0.25, -0.2) is 9.59 Å². The summed E-state index contributed by atoms with van der Waals surface area (Å²) < 4.78 is 18.0. The molecule has 10 heteroatoms. The van der Waals surface area contributed by atoms with Crippen LogP contribution in [-0.2, 0) is 38.6 Å². The molecule has 1 saturated heterocycles. The van der Waals surface area contributed by atoms with Crippen molar-refractivity contribution in [1.82, 2.24) is 10.6 Å². The minimum Gasteiger partial charge on any atom is -0.467 e. The summed E-state index contributed by atoms with van der Waals surface area (Å²) in [5.41, 5.74) is 6.58. The summed E-state index contributed by atoms with van der Waals surface area (Å²) in [6, 6.07) is 32.0. The highest BCUT2D eigenvalue weighted by Gasteiger charge is 2.38. The van der Waals surface area contributed by atoms with Crippen molar-refractivity contribution >= 4 is 23.8 Å². The molecule has 1 aliphatic heterocycles. The van der Waals surface area contributed by atoms with Gasteiger partial charge in [0.05, 0.1) is 32.5 Å². The van der Waals surface area contributed by atoms with Crippen molar-refractivity contribution < 1.29 is 34.0 Å². The van der Waals surface area contributed by atoms with E-state index in [9.17, 15) is 19.8 Å². The highest BCUT2D eigenvalue weighted by Crippen LogP contribution is 2.42. The van der Waals surface area contributed by atoms with Crippen LogP contribution in [0.15, 0.2) is 103 Å². The van der Waals surface area contributed by atoms with Gasteiger partial charge in [-0.2, -0.15) is 11.8 Å². The van der Waals surface area contributed by atoms with Gasteiger partial charge in [-0.15, -0.1) is 0 Å². The van der Waals surface area contributed by atoms with Crippen LogP contribution in [0.3, 0.4) is 0 Å². The number of carbonyl (C=O) groups is 2. The SMILES string of the molecule is COC(=O)[C@H](Cc1ccccc1)NC(=O)NCc1cccc(-c2ccc([C@@H]3O[C@H](CSCCO)[C@H](C)[C@H](c4ccc(CO)cc4)O3)cc2)c1. The molecule has 1 aliphatic rings. The van der Waals surface area contributed by atoms with Crippen molar-refractivity contribution in [3.05, 3.63) is 131 Å². The van der Waals surface area contributed by atoms with Gasteiger partial charge in [0.25, 0.3) is 0 Å². The maximum Gasteiger partial charge on any atom is 0.328 e. The zero-order valence-electron chi connectivity index (χ0n) is 27.8. The summed E-state index contributed by atoms with van der Waals surface area (Å²) in [5.74, 6) is 0.950. The normalized spacial score (nSPS) is 19.5. The van der Waals surface area contributed by atoms with Gasteiger partial charge in [0.15, 0.2) is 6.29 Å². The lowest BCUT2D eigenvalue weighted by Crippen LogP contribution is -2.47. The summed E-state index contributed by atoms with van der Waals surface area (Å²) >= 11 is 1.66. The summed E-state index contributed by atoms with van der Waals surface area (Å²) in [7, 11) is 1.31. The second-order valence-electron chi connectivity index (χ2n) is 12.0. The molecule has 0 saturated carbocycles. The van der Waals surface area contributed by atoms with E-state index in [1.54, 1.807) is 11.8 Å². The molecule has 0 unspecified atom stereocenters. The van der Waals surface area contributed by atoms with E-state index < -0.39 is 24.3 Å². The number of benzene rings is 4. The fourth-order valence-electron chi connectivity index (χ4n) is 5.84. The average molecular weight is 685 g/mol. The van der Waals surface area contributed by atoms with E-state index in [-0.39, 0.29) is 37.9 Å². The first-order chi connectivity index (χ1) is 23.9. The number of thioether (sulfide) groups is 1. The minimum atomic E-state index is -0.811. The third-order valence-electron chi connectivity index (χ3n) is 8.61. The number of rotatable bonds is 14. The zero-order chi connectivity index (χ0) is 34.6. The second kappa shape index (κ2) is 18.0. The molecule has 2 amide bonds. The molecular formula is C39H44N2O7S. The molecule has 0 aromatic heterocycles. The number of aliphatic hydroxyl groups excluding tert-OH is 2. The van der Waals surface area contributed by atoms with Crippen LogP contribution in [0.2, 0.25) is 0 Å². The maximum atomic E-state index is 12.8. The third-order valence-corrected chi connectivity index (χ3v) is 9.65. The number of urea groups is 1. The van der Waals surface area contributed by atoms with Gasteiger partial charge in [0.1, 0.15) is 6.04 Å². The van der Waals surface area contributed by atoms with Crippen molar-refractivity contribution in [2.75, 3.05) is 25.2 Å². The lowest BCUT2D eigenvalue weighted by atomic mass is 9.91. The molecule has 9 nitrogen and oxygen atoms in total. The molecule has 1 heterocycles. The van der Waals surface area contributed by atoms with E-state index in [1.807, 2.05) is 103 Å². The zero-order valence-corrected chi connectivity index (χ0v) is 28.6. The van der Waals surface area contributed by atoms with Crippen LogP contribution in [0.1, 0.15) is 47.1 Å². The van der Waals surface area contributed by atoms with Crippen molar-refractivity contribution in [2.45, 2.75) is 51.0 Å². The first-order valence-corrected chi connectivity index (χ1v) is 17.6. The van der Waals surface area contributed by atoms with Gasteiger partial charge in [0, 0.05) is 36.0 Å². The fraction of sp³-hybridized carbons (Fsp3) is 0.333. The Labute approximate surface area is 292 Å². The summed E-state index contributed by atoms with van der Waals surface area (Å²) in [6.45, 7) is 2.51. The molecule has 1 fully saturated rings. The molecule has 0 spiro atoms. The van der Waals surface area contributed by atoms with Crippen LogP contribution >= 0.6 is 11.8 Å². The molecule has 4 aromatic rings. The van der Waals surface area contributed by atoms with E-state index in [0.717, 1.165) is 44.7 Å². The number of hydrogen-bond acceptors (Lipinski definition) is 8. The molecule has 4 N–H and O–H groups in total. The van der Waals surface area contributed by atoms with Gasteiger partial charge < -0.3 is 35.1 Å². The van der Waals surface area contributed by atoms with Crippen LogP contribution in [0.5, 0.6) is 0 Å². The summed E-state index contributed by atoms with van der Waals surface area (Å²) in [4.78, 5) is 25.1. The molecular weight excluding hydrogens is 641 g/mol. The Morgan fingerprint density at radius 3 is 2.24 bits per heavy atom. The topological polar surface area (TPSA) is 126 Å². The van der Waals surface area contributed by atoms with Crippen LogP contribution in [-0.4, -0.2) is 59.6 Å². The monoisotopic (exact) mass is 684 g/mol. The van der Waals surface area contributed by atoms with Crippen LogP contribution < -0.4 is 10.6 Å². The Bertz CT molecular complexity index is 1640. The lowest BCUT2D eigenvalue weighted by Gasteiger charge is -2.41. The molecule has 0 aliphatic carbocycles. The first kappa shape index (κ1) is 36.1. The highest BCUT2D eigenvalue weighted by atomic mass is 32.2. The van der Waals surface area contributed by atoms with E-state index in [1.165, 1.54) is 7.11 Å². The van der Waals surface area contributed by atoms with E-state index in [0.29, 0.717) is 12.2 Å². The molecule has 0 radical (unpaired) electrons. The van der Waals surface area contributed by atoms with Gasteiger partial charge in [-0.1, -0.05) is 104 Å². The highest BCUT2D eigenvalue weighted by molar-refractivity contribution is 7.99. The smallest absolute Gasteiger partial charge is 0.328 e. The second-order valence-corrected chi connectivity index (χ2v) is 13.2. The van der Waals surface area contributed by atoms with E-state index in [2.05, 4.69) is 17.6 Å². The van der Waals surface area contributed by atoms with Crippen molar-refractivity contribution in [2.24, 2.45) is 5.92 Å².